The van der Waals surface area contributed by atoms with Crippen molar-refractivity contribution in [2.75, 3.05) is 7.05 Å². The van der Waals surface area contributed by atoms with Crippen LogP contribution in [0.3, 0.4) is 0 Å². The second-order valence-corrected chi connectivity index (χ2v) is 4.14. The average molecular weight is 277 g/mol. The van der Waals surface area contributed by atoms with Crippen LogP contribution < -0.4 is 10.6 Å². The number of aliphatic imine (C=N–C) groups is 1. The molecular formula is C13H16FN5O. The minimum atomic E-state index is -0.247. The van der Waals surface area contributed by atoms with Crippen LogP contribution >= 0.6 is 0 Å². The van der Waals surface area contributed by atoms with Crippen molar-refractivity contribution < 1.29 is 8.91 Å². The highest BCUT2D eigenvalue weighted by atomic mass is 19.1. The molecule has 0 spiro atoms. The Morgan fingerprint density at radius 1 is 1.25 bits per heavy atom. The van der Waals surface area contributed by atoms with E-state index in [4.69, 9.17) is 4.52 Å². The van der Waals surface area contributed by atoms with E-state index in [1.54, 1.807) is 26.1 Å². The Labute approximate surface area is 116 Å². The van der Waals surface area contributed by atoms with Gasteiger partial charge in [-0.05, 0) is 17.7 Å². The third kappa shape index (κ3) is 4.04. The van der Waals surface area contributed by atoms with Gasteiger partial charge in [-0.25, -0.2) is 4.39 Å². The van der Waals surface area contributed by atoms with E-state index in [1.165, 1.54) is 12.1 Å². The monoisotopic (exact) mass is 277 g/mol. The number of rotatable bonds is 4. The Morgan fingerprint density at radius 2 is 1.95 bits per heavy atom. The molecule has 2 aromatic rings. The molecule has 0 aliphatic rings. The number of nitrogens with zero attached hydrogens (tertiary/aromatic N) is 3. The van der Waals surface area contributed by atoms with Gasteiger partial charge >= 0.3 is 0 Å². The van der Waals surface area contributed by atoms with Crippen molar-refractivity contribution in [2.45, 2.75) is 20.0 Å². The molecule has 1 aromatic heterocycles. The largest absolute Gasteiger partial charge is 0.352 e. The number of hydrogen-bond acceptors (Lipinski definition) is 4. The maximum atomic E-state index is 12.8. The highest BCUT2D eigenvalue weighted by molar-refractivity contribution is 5.79. The fraction of sp³-hybridized carbons (Fsp3) is 0.308. The van der Waals surface area contributed by atoms with E-state index in [0.29, 0.717) is 30.8 Å². The maximum Gasteiger partial charge on any atom is 0.223 e. The fourth-order valence-electron chi connectivity index (χ4n) is 1.58. The summed E-state index contributed by atoms with van der Waals surface area (Å²) in [4.78, 5) is 8.16. The number of nitrogens with one attached hydrogen (secondary N) is 2. The molecule has 0 atom stereocenters. The van der Waals surface area contributed by atoms with Gasteiger partial charge in [-0.15, -0.1) is 0 Å². The van der Waals surface area contributed by atoms with E-state index in [1.807, 2.05) is 0 Å². The van der Waals surface area contributed by atoms with Crippen molar-refractivity contribution in [3.05, 3.63) is 47.4 Å². The van der Waals surface area contributed by atoms with Crippen LogP contribution in [0.2, 0.25) is 0 Å². The first-order valence-electron chi connectivity index (χ1n) is 6.15. The standard InChI is InChI=1S/C13H16FN5O/c1-9-18-12(19-20-9)8-17-13(15-2)16-7-10-3-5-11(14)6-4-10/h3-6H,7-8H2,1-2H3,(H2,15,16,17). The first-order valence-corrected chi connectivity index (χ1v) is 6.15. The first-order chi connectivity index (χ1) is 9.67. The topological polar surface area (TPSA) is 75.3 Å². The summed E-state index contributed by atoms with van der Waals surface area (Å²) in [7, 11) is 1.67. The summed E-state index contributed by atoms with van der Waals surface area (Å²) in [5.74, 6) is 1.45. The molecule has 0 saturated heterocycles. The molecular weight excluding hydrogens is 261 g/mol. The first kappa shape index (κ1) is 14.0. The molecule has 7 heteroatoms. The SMILES string of the molecule is CN=C(NCc1ccc(F)cc1)NCc1noc(C)n1. The van der Waals surface area contributed by atoms with Gasteiger partial charge in [-0.1, -0.05) is 17.3 Å². The fourth-order valence-corrected chi connectivity index (χ4v) is 1.58. The quantitative estimate of drug-likeness (QED) is 0.652. The Hall–Kier alpha value is -2.44. The van der Waals surface area contributed by atoms with E-state index in [-0.39, 0.29) is 5.82 Å². The van der Waals surface area contributed by atoms with E-state index in [9.17, 15) is 4.39 Å². The summed E-state index contributed by atoms with van der Waals surface area (Å²) in [5.41, 5.74) is 0.963. The van der Waals surface area contributed by atoms with Gasteiger partial charge in [0.15, 0.2) is 11.8 Å². The highest BCUT2D eigenvalue weighted by Gasteiger charge is 2.03. The van der Waals surface area contributed by atoms with Gasteiger partial charge in [0.05, 0.1) is 6.54 Å². The average Bonchev–Trinajstić information content (AvgIpc) is 2.87. The normalized spacial score (nSPS) is 11.4. The Bertz CT molecular complexity index is 579. The van der Waals surface area contributed by atoms with Gasteiger partial charge in [0, 0.05) is 20.5 Å². The molecule has 0 saturated carbocycles. The lowest BCUT2D eigenvalue weighted by Crippen LogP contribution is -2.36. The van der Waals surface area contributed by atoms with Crippen LogP contribution in [0.25, 0.3) is 0 Å². The van der Waals surface area contributed by atoms with Gasteiger partial charge in [-0.3, -0.25) is 4.99 Å². The molecule has 0 aliphatic carbocycles. The molecule has 106 valence electrons. The third-order valence-corrected chi connectivity index (χ3v) is 2.58. The third-order valence-electron chi connectivity index (χ3n) is 2.58. The van der Waals surface area contributed by atoms with Crippen LogP contribution in [0.4, 0.5) is 4.39 Å². The van der Waals surface area contributed by atoms with Gasteiger partial charge in [-0.2, -0.15) is 4.98 Å². The van der Waals surface area contributed by atoms with Crippen LogP contribution in [-0.2, 0) is 13.1 Å². The van der Waals surface area contributed by atoms with E-state index >= 15 is 0 Å². The molecule has 1 aromatic carbocycles. The Balaban J connectivity index is 1.82. The Morgan fingerprint density at radius 3 is 2.55 bits per heavy atom. The van der Waals surface area contributed by atoms with Crippen LogP contribution in [0.15, 0.2) is 33.8 Å². The summed E-state index contributed by atoms with van der Waals surface area (Å²) in [5, 5.41) is 9.95. The van der Waals surface area contributed by atoms with Gasteiger partial charge in [0.1, 0.15) is 5.82 Å². The summed E-state index contributed by atoms with van der Waals surface area (Å²) in [6, 6.07) is 6.29. The maximum absolute atomic E-state index is 12.8. The van der Waals surface area contributed by atoms with E-state index < -0.39 is 0 Å². The summed E-state index contributed by atoms with van der Waals surface area (Å²) in [6.45, 7) is 2.70. The van der Waals surface area contributed by atoms with Gasteiger partial charge < -0.3 is 15.2 Å². The van der Waals surface area contributed by atoms with Crippen molar-refractivity contribution in [3.63, 3.8) is 0 Å². The van der Waals surface area contributed by atoms with Crippen molar-refractivity contribution in [2.24, 2.45) is 4.99 Å². The van der Waals surface area contributed by atoms with Gasteiger partial charge in [0.2, 0.25) is 5.89 Å². The molecule has 0 fully saturated rings. The predicted molar refractivity (Wildman–Crippen MR) is 72.5 cm³/mol. The minimum absolute atomic E-state index is 0.247. The predicted octanol–water partition coefficient (Wildman–Crippen LogP) is 1.38. The molecule has 0 radical (unpaired) electrons. The minimum Gasteiger partial charge on any atom is -0.352 e. The van der Waals surface area contributed by atoms with Crippen LogP contribution in [0.5, 0.6) is 0 Å². The number of halogens is 1. The Kier molecular flexibility index (Phi) is 4.65. The van der Waals surface area contributed by atoms with E-state index in [2.05, 4.69) is 25.8 Å². The molecule has 2 N–H and O–H groups in total. The van der Waals surface area contributed by atoms with E-state index in [0.717, 1.165) is 5.56 Å². The molecule has 0 aliphatic heterocycles. The molecule has 1 heterocycles. The molecule has 0 unspecified atom stereocenters. The summed E-state index contributed by atoms with van der Waals surface area (Å²) >= 11 is 0. The summed E-state index contributed by atoms with van der Waals surface area (Å²) < 4.78 is 17.7. The second kappa shape index (κ2) is 6.65. The molecule has 6 nitrogen and oxygen atoms in total. The lowest BCUT2D eigenvalue weighted by atomic mass is 10.2. The van der Waals surface area contributed by atoms with Crippen molar-refractivity contribution >= 4 is 5.96 Å². The van der Waals surface area contributed by atoms with Gasteiger partial charge in [0.25, 0.3) is 0 Å². The highest BCUT2D eigenvalue weighted by Crippen LogP contribution is 2.02. The lowest BCUT2D eigenvalue weighted by Gasteiger charge is -2.10. The van der Waals surface area contributed by atoms with Crippen LogP contribution in [0.1, 0.15) is 17.3 Å². The zero-order chi connectivity index (χ0) is 14.4. The van der Waals surface area contributed by atoms with Crippen molar-refractivity contribution in [1.82, 2.24) is 20.8 Å². The van der Waals surface area contributed by atoms with Crippen molar-refractivity contribution in [1.29, 1.82) is 0 Å². The van der Waals surface area contributed by atoms with Crippen LogP contribution in [-0.4, -0.2) is 23.1 Å². The number of aryl methyl sites for hydroxylation is 1. The number of benzene rings is 1. The summed E-state index contributed by atoms with van der Waals surface area (Å²) in [6.07, 6.45) is 0. The molecule has 0 amide bonds. The molecule has 0 bridgehead atoms. The van der Waals surface area contributed by atoms with Crippen LogP contribution in [0, 0.1) is 12.7 Å². The zero-order valence-corrected chi connectivity index (χ0v) is 11.4. The smallest absolute Gasteiger partial charge is 0.223 e. The molecule has 20 heavy (non-hydrogen) atoms. The second-order valence-electron chi connectivity index (χ2n) is 4.14. The number of aromatic nitrogens is 2. The van der Waals surface area contributed by atoms with Crippen molar-refractivity contribution in [3.8, 4) is 0 Å². The number of guanidine groups is 1. The number of hydrogen-bond donors (Lipinski definition) is 2. The zero-order valence-electron chi connectivity index (χ0n) is 11.4. The lowest BCUT2D eigenvalue weighted by molar-refractivity contribution is 0.387. The molecule has 2 rings (SSSR count).